The van der Waals surface area contributed by atoms with Crippen molar-refractivity contribution in [2.24, 2.45) is 0 Å². The number of carboxylic acid groups (broad SMARTS) is 1. The van der Waals surface area contributed by atoms with Crippen molar-refractivity contribution in [2.75, 3.05) is 13.2 Å². The molecule has 7 nitrogen and oxygen atoms in total. The molecule has 0 aliphatic heterocycles. The number of hydrogen-bond acceptors (Lipinski definition) is 5. The second kappa shape index (κ2) is 12.5. The molecule has 0 radical (unpaired) electrons. The first-order valence-corrected chi connectivity index (χ1v) is 7.57. The van der Waals surface area contributed by atoms with Crippen LogP contribution in [0.5, 0.6) is 0 Å². The zero-order chi connectivity index (χ0) is 17.9. The average Bonchev–Trinajstić information content (AvgIpc) is 2.53. The van der Waals surface area contributed by atoms with E-state index in [0.29, 0.717) is 5.70 Å². The van der Waals surface area contributed by atoms with Gasteiger partial charge in [-0.15, -0.1) is 0 Å². The molecule has 0 bridgehead atoms. The number of esters is 1. The number of rotatable bonds is 9. The van der Waals surface area contributed by atoms with Crippen LogP contribution in [-0.4, -0.2) is 71.7 Å². The van der Waals surface area contributed by atoms with Crippen molar-refractivity contribution < 1.29 is 24.2 Å². The number of hydrogen-bond donors (Lipinski definition) is 3. The van der Waals surface area contributed by atoms with E-state index in [1.807, 2.05) is 30.3 Å². The van der Waals surface area contributed by atoms with Crippen LogP contribution in [0.3, 0.4) is 0 Å². The van der Waals surface area contributed by atoms with Crippen molar-refractivity contribution in [3.05, 3.63) is 47.7 Å². The molecular formula is C17H23N2NaO5. The number of allylic oxidation sites excluding steroid dienone is 1. The molecule has 0 fully saturated rings. The Balaban J connectivity index is 0.00000576. The van der Waals surface area contributed by atoms with E-state index in [1.54, 1.807) is 13.8 Å². The van der Waals surface area contributed by atoms with E-state index in [9.17, 15) is 19.5 Å². The van der Waals surface area contributed by atoms with Gasteiger partial charge in [0.1, 0.15) is 12.6 Å². The Hall–Kier alpha value is -1.83. The summed E-state index contributed by atoms with van der Waals surface area (Å²) in [7, 11) is 0. The van der Waals surface area contributed by atoms with E-state index >= 15 is 0 Å². The Bertz CT molecular complexity index is 604. The van der Waals surface area contributed by atoms with Gasteiger partial charge in [0.15, 0.2) is 0 Å². The van der Waals surface area contributed by atoms with Gasteiger partial charge >= 0.3 is 41.5 Å². The number of amides is 1. The number of carboxylic acids is 1. The van der Waals surface area contributed by atoms with Gasteiger partial charge in [-0.1, -0.05) is 30.3 Å². The van der Waals surface area contributed by atoms with Gasteiger partial charge in [-0.25, -0.2) is 4.79 Å². The molecule has 0 saturated carbocycles. The molecular weight excluding hydrogens is 335 g/mol. The summed E-state index contributed by atoms with van der Waals surface area (Å²) in [5, 5.41) is 14.5. The maximum atomic E-state index is 11.7. The normalized spacial score (nSPS) is 11.7. The van der Waals surface area contributed by atoms with Gasteiger partial charge in [0.05, 0.1) is 6.61 Å². The number of nitrogens with one attached hydrogen (secondary N) is 2. The molecule has 1 rings (SSSR count). The first-order valence-electron chi connectivity index (χ1n) is 7.57. The van der Waals surface area contributed by atoms with Crippen LogP contribution in [0.25, 0.3) is 0 Å². The summed E-state index contributed by atoms with van der Waals surface area (Å²) in [6, 6.07) is 8.33. The van der Waals surface area contributed by atoms with Crippen molar-refractivity contribution in [1.29, 1.82) is 0 Å². The predicted octanol–water partition coefficient (Wildman–Crippen LogP) is 0.207. The van der Waals surface area contributed by atoms with E-state index in [4.69, 9.17) is 4.74 Å². The Labute approximate surface area is 169 Å². The number of carbonyl (C=O) groups excluding carboxylic acids is 2. The van der Waals surface area contributed by atoms with Gasteiger partial charge in [-0.2, -0.15) is 0 Å². The molecule has 1 aromatic rings. The molecule has 0 aliphatic carbocycles. The molecule has 1 aromatic carbocycles. The van der Waals surface area contributed by atoms with Crippen LogP contribution in [0.15, 0.2) is 42.1 Å². The number of benzene rings is 1. The quantitative estimate of drug-likeness (QED) is 0.331. The molecule has 8 heteroatoms. The van der Waals surface area contributed by atoms with Crippen molar-refractivity contribution in [2.45, 2.75) is 26.3 Å². The van der Waals surface area contributed by atoms with E-state index in [2.05, 4.69) is 10.6 Å². The van der Waals surface area contributed by atoms with Gasteiger partial charge in [-0.05, 0) is 19.4 Å². The predicted molar refractivity (Wildman–Crippen MR) is 95.3 cm³/mol. The summed E-state index contributed by atoms with van der Waals surface area (Å²) in [4.78, 5) is 34.2. The second-order valence-electron chi connectivity index (χ2n) is 5.08. The molecule has 1 amide bonds. The summed E-state index contributed by atoms with van der Waals surface area (Å²) in [6.45, 7) is 3.27. The summed E-state index contributed by atoms with van der Waals surface area (Å²) < 4.78 is 4.69. The van der Waals surface area contributed by atoms with E-state index in [1.165, 1.54) is 6.08 Å². The van der Waals surface area contributed by atoms with Gasteiger partial charge < -0.3 is 20.5 Å². The van der Waals surface area contributed by atoms with Gasteiger partial charge in [0.2, 0.25) is 5.91 Å². The van der Waals surface area contributed by atoms with Gasteiger partial charge in [0, 0.05) is 18.2 Å². The van der Waals surface area contributed by atoms with Crippen LogP contribution in [-0.2, 0) is 25.5 Å². The van der Waals surface area contributed by atoms with Crippen molar-refractivity contribution >= 4 is 47.4 Å². The first-order chi connectivity index (χ1) is 11.4. The summed E-state index contributed by atoms with van der Waals surface area (Å²) >= 11 is 0. The molecule has 0 aromatic heterocycles. The van der Waals surface area contributed by atoms with Crippen LogP contribution in [0.4, 0.5) is 0 Å². The number of ether oxygens (including phenoxy) is 1. The van der Waals surface area contributed by atoms with Crippen LogP contribution in [0.2, 0.25) is 0 Å². The van der Waals surface area contributed by atoms with Crippen LogP contribution in [0.1, 0.15) is 19.4 Å². The van der Waals surface area contributed by atoms with E-state index in [-0.39, 0.29) is 49.1 Å². The SMILES string of the molecule is CCOC(=O)CNC(=O)/C=C(\C)N[C@@H](Cc1ccccc1)C(=O)O.[NaH]. The third-order valence-corrected chi connectivity index (χ3v) is 3.04. The third-order valence-electron chi connectivity index (χ3n) is 3.04. The molecule has 25 heavy (non-hydrogen) atoms. The molecule has 3 N–H and O–H groups in total. The fourth-order valence-corrected chi connectivity index (χ4v) is 1.99. The summed E-state index contributed by atoms with van der Waals surface area (Å²) in [6.07, 6.45) is 1.49. The second-order valence-corrected chi connectivity index (χ2v) is 5.08. The Morgan fingerprint density at radius 3 is 2.44 bits per heavy atom. The van der Waals surface area contributed by atoms with Crippen LogP contribution < -0.4 is 10.6 Å². The average molecular weight is 358 g/mol. The fourth-order valence-electron chi connectivity index (χ4n) is 1.99. The molecule has 0 spiro atoms. The summed E-state index contributed by atoms with van der Waals surface area (Å²) in [5.41, 5.74) is 1.26. The van der Waals surface area contributed by atoms with E-state index in [0.717, 1.165) is 5.56 Å². The zero-order valence-corrected chi connectivity index (χ0v) is 13.7. The summed E-state index contributed by atoms with van der Waals surface area (Å²) in [5.74, 6) is -2.05. The molecule has 1 atom stereocenters. The topological polar surface area (TPSA) is 105 Å². The van der Waals surface area contributed by atoms with E-state index < -0.39 is 23.9 Å². The molecule has 0 saturated heterocycles. The monoisotopic (exact) mass is 358 g/mol. The standard InChI is InChI=1S/C17H22N2O5.Na.H/c1-3-24-16(21)11-18-15(20)9-12(2)19-14(17(22)23)10-13-7-5-4-6-8-13;;/h4-9,14,19H,3,10-11H2,1-2H3,(H,18,20)(H,22,23);;/b12-9+;;/t14-;;/m0../s1. The molecule has 0 heterocycles. The molecule has 0 unspecified atom stereocenters. The maximum absolute atomic E-state index is 11.7. The van der Waals surface area contributed by atoms with Crippen molar-refractivity contribution in [3.8, 4) is 0 Å². The number of carbonyl (C=O) groups is 3. The van der Waals surface area contributed by atoms with Crippen molar-refractivity contribution in [3.63, 3.8) is 0 Å². The minimum absolute atomic E-state index is 0. The first kappa shape index (κ1) is 23.2. The van der Waals surface area contributed by atoms with Crippen molar-refractivity contribution in [1.82, 2.24) is 10.6 Å². The van der Waals surface area contributed by atoms with Gasteiger partial charge in [0.25, 0.3) is 0 Å². The fraction of sp³-hybridized carbons (Fsp3) is 0.353. The Kier molecular flexibility index (Phi) is 11.6. The Morgan fingerprint density at radius 2 is 1.88 bits per heavy atom. The number of aliphatic carboxylic acids is 1. The van der Waals surface area contributed by atoms with Crippen LogP contribution >= 0.6 is 0 Å². The van der Waals surface area contributed by atoms with Crippen LogP contribution in [0, 0.1) is 0 Å². The zero-order valence-electron chi connectivity index (χ0n) is 13.7. The third kappa shape index (κ3) is 9.91. The molecule has 132 valence electrons. The Morgan fingerprint density at radius 1 is 1.24 bits per heavy atom. The molecule has 0 aliphatic rings. The van der Waals surface area contributed by atoms with Gasteiger partial charge in [-0.3, -0.25) is 9.59 Å². The minimum atomic E-state index is -1.02.